The lowest BCUT2D eigenvalue weighted by Crippen LogP contribution is -2.39. The maximum Gasteiger partial charge on any atom is 0.256 e. The minimum absolute atomic E-state index is 0.0299. The van der Waals surface area contributed by atoms with Crippen LogP contribution in [0.3, 0.4) is 0 Å². The van der Waals surface area contributed by atoms with Gasteiger partial charge in [-0.2, -0.15) is 4.39 Å². The van der Waals surface area contributed by atoms with Gasteiger partial charge in [-0.25, -0.2) is 4.98 Å². The second kappa shape index (κ2) is 5.04. The molecule has 4 heteroatoms. The molecular formula is C14H19FN2O. The first-order valence-corrected chi connectivity index (χ1v) is 6.39. The van der Waals surface area contributed by atoms with E-state index in [0.29, 0.717) is 5.41 Å². The van der Waals surface area contributed by atoms with E-state index >= 15 is 0 Å². The summed E-state index contributed by atoms with van der Waals surface area (Å²) in [4.78, 5) is 15.4. The first kappa shape index (κ1) is 13.0. The van der Waals surface area contributed by atoms with Crippen LogP contribution in [0.1, 0.15) is 49.9 Å². The highest BCUT2D eigenvalue weighted by Gasteiger charge is 2.28. The SMILES string of the molecule is CC1(C)CCC(NC(=O)c2cccnc2F)CC1. The minimum Gasteiger partial charge on any atom is -0.349 e. The highest BCUT2D eigenvalue weighted by atomic mass is 19.1. The van der Waals surface area contributed by atoms with E-state index in [1.54, 1.807) is 6.07 Å². The number of rotatable bonds is 2. The highest BCUT2D eigenvalue weighted by molar-refractivity contribution is 5.94. The molecule has 1 saturated carbocycles. The average molecular weight is 250 g/mol. The van der Waals surface area contributed by atoms with Gasteiger partial charge in [-0.3, -0.25) is 4.79 Å². The van der Waals surface area contributed by atoms with Crippen molar-refractivity contribution in [2.75, 3.05) is 0 Å². The van der Waals surface area contributed by atoms with E-state index in [9.17, 15) is 9.18 Å². The first-order valence-electron chi connectivity index (χ1n) is 6.39. The van der Waals surface area contributed by atoms with Gasteiger partial charge in [-0.05, 0) is 43.2 Å². The molecule has 18 heavy (non-hydrogen) atoms. The van der Waals surface area contributed by atoms with E-state index in [-0.39, 0.29) is 17.5 Å². The van der Waals surface area contributed by atoms with Crippen LogP contribution in [-0.2, 0) is 0 Å². The Hall–Kier alpha value is -1.45. The maximum atomic E-state index is 13.3. The molecule has 0 aromatic carbocycles. The van der Waals surface area contributed by atoms with Gasteiger partial charge < -0.3 is 5.32 Å². The summed E-state index contributed by atoms with van der Waals surface area (Å²) in [7, 11) is 0. The normalized spacial score (nSPS) is 19.5. The van der Waals surface area contributed by atoms with Crippen molar-refractivity contribution in [1.29, 1.82) is 0 Å². The summed E-state index contributed by atoms with van der Waals surface area (Å²) in [6, 6.07) is 3.19. The lowest BCUT2D eigenvalue weighted by atomic mass is 9.75. The molecule has 0 aliphatic heterocycles. The monoisotopic (exact) mass is 250 g/mol. The van der Waals surface area contributed by atoms with Crippen LogP contribution in [0.4, 0.5) is 4.39 Å². The Morgan fingerprint density at radius 3 is 2.72 bits per heavy atom. The quantitative estimate of drug-likeness (QED) is 0.820. The van der Waals surface area contributed by atoms with Crippen LogP contribution in [0.25, 0.3) is 0 Å². The molecule has 1 heterocycles. The largest absolute Gasteiger partial charge is 0.349 e. The van der Waals surface area contributed by atoms with E-state index in [4.69, 9.17) is 0 Å². The Morgan fingerprint density at radius 1 is 1.44 bits per heavy atom. The van der Waals surface area contributed by atoms with Gasteiger partial charge >= 0.3 is 0 Å². The van der Waals surface area contributed by atoms with Crippen LogP contribution in [0.2, 0.25) is 0 Å². The zero-order valence-electron chi connectivity index (χ0n) is 10.9. The molecule has 0 unspecified atom stereocenters. The molecule has 1 aliphatic rings. The summed E-state index contributed by atoms with van der Waals surface area (Å²) in [5.41, 5.74) is 0.392. The molecule has 0 radical (unpaired) electrons. The molecule has 1 aromatic heterocycles. The van der Waals surface area contributed by atoms with Crippen LogP contribution in [0, 0.1) is 11.4 Å². The van der Waals surface area contributed by atoms with E-state index in [0.717, 1.165) is 25.7 Å². The Labute approximate surface area is 107 Å². The minimum atomic E-state index is -0.703. The molecule has 1 aliphatic carbocycles. The lowest BCUT2D eigenvalue weighted by molar-refractivity contribution is 0.0904. The number of hydrogen-bond donors (Lipinski definition) is 1. The summed E-state index contributed by atoms with van der Waals surface area (Å²) >= 11 is 0. The molecule has 1 fully saturated rings. The molecular weight excluding hydrogens is 231 g/mol. The smallest absolute Gasteiger partial charge is 0.256 e. The van der Waals surface area contributed by atoms with Crippen molar-refractivity contribution < 1.29 is 9.18 Å². The third-order valence-corrected chi connectivity index (χ3v) is 3.68. The second-order valence-corrected chi connectivity index (χ2v) is 5.75. The van der Waals surface area contributed by atoms with Gasteiger partial charge in [-0.15, -0.1) is 0 Å². The number of halogens is 1. The van der Waals surface area contributed by atoms with Gasteiger partial charge in [0.15, 0.2) is 0 Å². The molecule has 1 aromatic rings. The Balaban J connectivity index is 1.95. The van der Waals surface area contributed by atoms with E-state index in [1.165, 1.54) is 12.3 Å². The highest BCUT2D eigenvalue weighted by Crippen LogP contribution is 2.35. The van der Waals surface area contributed by atoms with Crippen molar-refractivity contribution >= 4 is 5.91 Å². The van der Waals surface area contributed by atoms with Crippen molar-refractivity contribution in [3.63, 3.8) is 0 Å². The zero-order valence-corrected chi connectivity index (χ0v) is 10.9. The van der Waals surface area contributed by atoms with Crippen LogP contribution >= 0.6 is 0 Å². The molecule has 0 saturated heterocycles. The Morgan fingerprint density at radius 2 is 2.11 bits per heavy atom. The summed E-state index contributed by atoms with van der Waals surface area (Å²) in [6.45, 7) is 4.48. The summed E-state index contributed by atoms with van der Waals surface area (Å²) in [5.74, 6) is -1.06. The lowest BCUT2D eigenvalue weighted by Gasteiger charge is -2.34. The number of amides is 1. The maximum absolute atomic E-state index is 13.3. The first-order chi connectivity index (χ1) is 8.48. The summed E-state index contributed by atoms with van der Waals surface area (Å²) in [6.07, 6.45) is 5.44. The fraction of sp³-hybridized carbons (Fsp3) is 0.571. The number of nitrogens with one attached hydrogen (secondary N) is 1. The molecule has 0 spiro atoms. The number of pyridine rings is 1. The summed E-state index contributed by atoms with van der Waals surface area (Å²) in [5, 5.41) is 2.89. The van der Waals surface area contributed by atoms with Gasteiger partial charge in [0.05, 0.1) is 5.56 Å². The molecule has 0 atom stereocenters. The average Bonchev–Trinajstić information content (AvgIpc) is 2.32. The van der Waals surface area contributed by atoms with Crippen LogP contribution in [-0.4, -0.2) is 16.9 Å². The van der Waals surface area contributed by atoms with Gasteiger partial charge in [0.1, 0.15) is 0 Å². The van der Waals surface area contributed by atoms with E-state index in [2.05, 4.69) is 24.1 Å². The van der Waals surface area contributed by atoms with Crippen molar-refractivity contribution in [2.24, 2.45) is 5.41 Å². The van der Waals surface area contributed by atoms with Gasteiger partial charge in [0.25, 0.3) is 5.91 Å². The predicted octanol–water partition coefficient (Wildman–Crippen LogP) is 2.92. The van der Waals surface area contributed by atoms with Crippen molar-refractivity contribution in [2.45, 2.75) is 45.6 Å². The Kier molecular flexibility index (Phi) is 3.64. The third kappa shape index (κ3) is 3.06. The molecule has 2 rings (SSSR count). The fourth-order valence-corrected chi connectivity index (χ4v) is 2.36. The van der Waals surface area contributed by atoms with Gasteiger partial charge in [-0.1, -0.05) is 13.8 Å². The van der Waals surface area contributed by atoms with Crippen molar-refractivity contribution in [1.82, 2.24) is 10.3 Å². The second-order valence-electron chi connectivity index (χ2n) is 5.75. The van der Waals surface area contributed by atoms with E-state index in [1.807, 2.05) is 0 Å². The molecule has 3 nitrogen and oxygen atoms in total. The number of carbonyl (C=O) groups excluding carboxylic acids is 1. The zero-order chi connectivity index (χ0) is 13.2. The van der Waals surface area contributed by atoms with Gasteiger partial charge in [0, 0.05) is 12.2 Å². The number of carbonyl (C=O) groups is 1. The fourth-order valence-electron chi connectivity index (χ4n) is 2.36. The molecule has 1 N–H and O–H groups in total. The topological polar surface area (TPSA) is 42.0 Å². The number of aromatic nitrogens is 1. The van der Waals surface area contributed by atoms with Crippen molar-refractivity contribution in [3.8, 4) is 0 Å². The van der Waals surface area contributed by atoms with Crippen LogP contribution in [0.5, 0.6) is 0 Å². The standard InChI is InChI=1S/C14H19FN2O/c1-14(2)7-5-10(6-8-14)17-13(18)11-4-3-9-16-12(11)15/h3-4,9-10H,5-8H2,1-2H3,(H,17,18). The Bertz CT molecular complexity index is 435. The molecule has 98 valence electrons. The predicted molar refractivity (Wildman–Crippen MR) is 67.7 cm³/mol. The summed E-state index contributed by atoms with van der Waals surface area (Å²) < 4.78 is 13.3. The van der Waals surface area contributed by atoms with Crippen LogP contribution < -0.4 is 5.32 Å². The van der Waals surface area contributed by atoms with Crippen LogP contribution in [0.15, 0.2) is 18.3 Å². The number of hydrogen-bond acceptors (Lipinski definition) is 2. The number of nitrogens with zero attached hydrogens (tertiary/aromatic N) is 1. The van der Waals surface area contributed by atoms with Crippen molar-refractivity contribution in [3.05, 3.63) is 29.8 Å². The molecule has 0 bridgehead atoms. The molecule has 1 amide bonds. The van der Waals surface area contributed by atoms with Gasteiger partial charge in [0.2, 0.25) is 5.95 Å². The van der Waals surface area contributed by atoms with E-state index < -0.39 is 5.95 Å². The third-order valence-electron chi connectivity index (χ3n) is 3.68.